The molecule has 1 aliphatic carbocycles. The van der Waals surface area contributed by atoms with E-state index in [4.69, 9.17) is 9.15 Å². The third-order valence-electron chi connectivity index (χ3n) is 7.62. The van der Waals surface area contributed by atoms with Gasteiger partial charge in [-0.2, -0.15) is 0 Å². The van der Waals surface area contributed by atoms with E-state index >= 15 is 0 Å². The van der Waals surface area contributed by atoms with Crippen molar-refractivity contribution < 1.29 is 13.9 Å². The van der Waals surface area contributed by atoms with Gasteiger partial charge in [0, 0.05) is 47.4 Å². The maximum Gasteiger partial charge on any atom is 0.338 e. The normalized spacial score (nSPS) is 11.2. The molecule has 0 saturated carbocycles. The summed E-state index contributed by atoms with van der Waals surface area (Å²) in [5.74, 6) is 0.535. The molecule has 0 radical (unpaired) electrons. The van der Waals surface area contributed by atoms with Crippen molar-refractivity contribution in [1.82, 2.24) is 4.58 Å². The van der Waals surface area contributed by atoms with Crippen LogP contribution in [0, 0.1) is 0 Å². The zero-order chi connectivity index (χ0) is 28.5. The second-order valence-electron chi connectivity index (χ2n) is 9.97. The van der Waals surface area contributed by atoms with Crippen LogP contribution in [-0.2, 0) is 4.74 Å². The van der Waals surface area contributed by atoms with Crippen LogP contribution in [0.15, 0.2) is 65.1 Å². The first-order chi connectivity index (χ1) is 19.6. The fraction of sp³-hybridized carbons (Fsp3) is 0.412. The average molecular weight is 654 g/mol. The van der Waals surface area contributed by atoms with Crippen molar-refractivity contribution >= 4 is 45.2 Å². The molecule has 2 aliphatic rings. The number of hydrogen-bond donors (Lipinski definition) is 0. The van der Waals surface area contributed by atoms with Gasteiger partial charge >= 0.3 is 5.97 Å². The molecule has 0 unspecified atom stereocenters. The first kappa shape index (κ1) is 30.1. The van der Waals surface area contributed by atoms with E-state index in [0.717, 1.165) is 83.5 Å². The Kier molecular flexibility index (Phi) is 11.0. The number of halogens is 1. The van der Waals surface area contributed by atoms with Crippen LogP contribution < -0.4 is 14.8 Å². The van der Waals surface area contributed by atoms with Crippen LogP contribution in [0.25, 0.3) is 33.4 Å². The summed E-state index contributed by atoms with van der Waals surface area (Å²) < 4.78 is 15.9. The molecule has 0 spiro atoms. The topological polar surface area (TPSA) is 45.7 Å². The van der Waals surface area contributed by atoms with Crippen LogP contribution in [0.4, 0.5) is 5.69 Å². The van der Waals surface area contributed by atoms with Crippen molar-refractivity contribution in [3.05, 3.63) is 71.6 Å². The van der Waals surface area contributed by atoms with Gasteiger partial charge in [-0.3, -0.25) is 0 Å². The standard InChI is InChI=1S/C34H42IN2O3/c1-5-36(6-2)25-17-19-29-31(23-25)40-32-24-26(37(7-3)8-4)18-20-30(32)33(29)27-15-11-12-16-28(27)34(38)39-22-14-10-9-13-21-35/h11-12,15-20,23-24H,5-10,13-14,21-22H2,1-4H3/q+1. The van der Waals surface area contributed by atoms with Gasteiger partial charge in [0.05, 0.1) is 18.2 Å². The van der Waals surface area contributed by atoms with E-state index in [2.05, 4.69) is 96.2 Å². The number of hydrogen-bond acceptors (Lipinski definition) is 4. The second kappa shape index (κ2) is 14.7. The number of anilines is 1. The van der Waals surface area contributed by atoms with Gasteiger partial charge in [-0.05, 0) is 74.8 Å². The molecule has 0 aromatic heterocycles. The Labute approximate surface area is 252 Å². The lowest BCUT2D eigenvalue weighted by Crippen LogP contribution is -2.29. The molecule has 0 atom stereocenters. The van der Waals surface area contributed by atoms with E-state index < -0.39 is 0 Å². The summed E-state index contributed by atoms with van der Waals surface area (Å²) in [7, 11) is 0. The number of ether oxygens (including phenoxy) is 1. The summed E-state index contributed by atoms with van der Waals surface area (Å²) in [6.45, 7) is 12.8. The highest BCUT2D eigenvalue weighted by Gasteiger charge is 2.23. The van der Waals surface area contributed by atoms with Gasteiger partial charge in [0.25, 0.3) is 0 Å². The maximum absolute atomic E-state index is 13.4. The van der Waals surface area contributed by atoms with Crippen molar-refractivity contribution in [3.63, 3.8) is 0 Å². The SMILES string of the molecule is CCN(CC)c1ccc2c(-c3ccccc3C(=O)OCCCCCCI)c3ccc(=[N+](CC)CC)cc-3oc2c1. The van der Waals surface area contributed by atoms with Crippen molar-refractivity contribution in [3.8, 4) is 22.5 Å². The number of fused-ring (bicyclic) bond motifs is 2. The van der Waals surface area contributed by atoms with E-state index in [1.165, 1.54) is 17.3 Å². The number of alkyl halides is 1. The quantitative estimate of drug-likeness (QED) is 0.0366. The Morgan fingerprint density at radius 3 is 2.35 bits per heavy atom. The van der Waals surface area contributed by atoms with Crippen molar-refractivity contribution in [2.24, 2.45) is 0 Å². The average Bonchev–Trinajstić information content (AvgIpc) is 2.98. The summed E-state index contributed by atoms with van der Waals surface area (Å²) in [6, 6.07) is 20.7. The van der Waals surface area contributed by atoms with Crippen molar-refractivity contribution in [1.29, 1.82) is 0 Å². The van der Waals surface area contributed by atoms with E-state index in [1.54, 1.807) is 0 Å². The third kappa shape index (κ3) is 6.70. The number of nitrogens with zero attached hydrogens (tertiary/aromatic N) is 2. The third-order valence-corrected chi connectivity index (χ3v) is 8.39. The number of esters is 1. The summed E-state index contributed by atoms with van der Waals surface area (Å²) in [4.78, 5) is 15.7. The van der Waals surface area contributed by atoms with Crippen LogP contribution in [0.2, 0.25) is 0 Å². The number of carbonyl (C=O) groups is 1. The molecule has 212 valence electrons. The highest BCUT2D eigenvalue weighted by Crippen LogP contribution is 2.42. The first-order valence-electron chi connectivity index (χ1n) is 14.7. The molecule has 0 N–H and O–H groups in total. The largest absolute Gasteiger partial charge is 0.462 e. The molecule has 1 heterocycles. The maximum atomic E-state index is 13.4. The van der Waals surface area contributed by atoms with E-state index in [0.29, 0.717) is 12.2 Å². The van der Waals surface area contributed by atoms with Gasteiger partial charge in [0.2, 0.25) is 5.36 Å². The Morgan fingerprint density at radius 1 is 0.875 bits per heavy atom. The van der Waals surface area contributed by atoms with Gasteiger partial charge < -0.3 is 14.1 Å². The zero-order valence-corrected chi connectivity index (χ0v) is 26.5. The molecule has 0 amide bonds. The first-order valence-corrected chi connectivity index (χ1v) is 16.2. The fourth-order valence-corrected chi connectivity index (χ4v) is 5.94. The van der Waals surface area contributed by atoms with E-state index in [-0.39, 0.29) is 5.97 Å². The second-order valence-corrected chi connectivity index (χ2v) is 11.0. The summed E-state index contributed by atoms with van der Waals surface area (Å²) >= 11 is 2.41. The number of rotatable bonds is 13. The Bertz CT molecular complexity index is 1470. The molecule has 0 fully saturated rings. The Hall–Kier alpha value is -2.87. The molecule has 40 heavy (non-hydrogen) atoms. The predicted octanol–water partition coefficient (Wildman–Crippen LogP) is 8.02. The Balaban J connectivity index is 1.88. The Morgan fingerprint density at radius 2 is 1.62 bits per heavy atom. The molecule has 1 aliphatic heterocycles. The van der Waals surface area contributed by atoms with Crippen LogP contribution >= 0.6 is 22.6 Å². The molecule has 6 heteroatoms. The van der Waals surface area contributed by atoms with Gasteiger partial charge in [-0.1, -0.05) is 53.6 Å². The highest BCUT2D eigenvalue weighted by atomic mass is 127. The minimum absolute atomic E-state index is 0.272. The molecule has 5 nitrogen and oxygen atoms in total. The molecule has 2 aromatic rings. The highest BCUT2D eigenvalue weighted by molar-refractivity contribution is 14.1. The minimum atomic E-state index is -0.272. The van der Waals surface area contributed by atoms with Gasteiger partial charge in [-0.15, -0.1) is 0 Å². The van der Waals surface area contributed by atoms with Crippen LogP contribution in [-0.4, -0.2) is 43.2 Å². The van der Waals surface area contributed by atoms with Crippen LogP contribution in [0.5, 0.6) is 0 Å². The van der Waals surface area contributed by atoms with Gasteiger partial charge in [0.15, 0.2) is 0 Å². The predicted molar refractivity (Wildman–Crippen MR) is 176 cm³/mol. The van der Waals surface area contributed by atoms with E-state index in [1.807, 2.05) is 24.3 Å². The fourth-order valence-electron chi connectivity index (χ4n) is 5.40. The summed E-state index contributed by atoms with van der Waals surface area (Å²) in [5, 5.41) is 2.11. The van der Waals surface area contributed by atoms with E-state index in [9.17, 15) is 4.79 Å². The molecule has 0 bridgehead atoms. The summed E-state index contributed by atoms with van der Waals surface area (Å²) in [6.07, 6.45) is 4.36. The lowest BCUT2D eigenvalue weighted by atomic mass is 9.90. The smallest absolute Gasteiger partial charge is 0.338 e. The van der Waals surface area contributed by atoms with Crippen LogP contribution in [0.3, 0.4) is 0 Å². The number of benzene rings is 3. The minimum Gasteiger partial charge on any atom is -0.462 e. The monoisotopic (exact) mass is 653 g/mol. The molecule has 0 saturated heterocycles. The molecular weight excluding hydrogens is 611 g/mol. The molecular formula is C34H42IN2O3+. The van der Waals surface area contributed by atoms with Crippen molar-refractivity contribution in [2.75, 3.05) is 42.1 Å². The van der Waals surface area contributed by atoms with Gasteiger partial charge in [-0.25, -0.2) is 9.37 Å². The summed E-state index contributed by atoms with van der Waals surface area (Å²) in [5.41, 5.74) is 5.38. The van der Waals surface area contributed by atoms with Crippen molar-refractivity contribution in [2.45, 2.75) is 53.4 Å². The molecule has 4 rings (SSSR count). The van der Waals surface area contributed by atoms with Gasteiger partial charge in [0.1, 0.15) is 24.4 Å². The molecule has 2 aromatic carbocycles. The zero-order valence-electron chi connectivity index (χ0n) is 24.3. The number of carbonyl (C=O) groups excluding carboxylic acids is 1. The lowest BCUT2D eigenvalue weighted by Gasteiger charge is -2.22. The number of unbranched alkanes of at least 4 members (excludes halogenated alkanes) is 3. The van der Waals surface area contributed by atoms with Crippen LogP contribution in [0.1, 0.15) is 63.7 Å². The lowest BCUT2D eigenvalue weighted by molar-refractivity contribution is 0.0498.